The minimum absolute atomic E-state index is 0.369. The zero-order valence-electron chi connectivity index (χ0n) is 11.5. The van der Waals surface area contributed by atoms with Gasteiger partial charge in [-0.3, -0.25) is 0 Å². The molecule has 0 unspecified atom stereocenters. The van der Waals surface area contributed by atoms with Crippen molar-refractivity contribution in [2.24, 2.45) is 0 Å². The predicted molar refractivity (Wildman–Crippen MR) is 74.4 cm³/mol. The van der Waals surface area contributed by atoms with Gasteiger partial charge in [-0.2, -0.15) is 0 Å². The fraction of sp³-hybridized carbons (Fsp3) is 0.545. The van der Waals surface area contributed by atoms with Crippen LogP contribution in [0.15, 0.2) is 6.33 Å². The van der Waals surface area contributed by atoms with Crippen LogP contribution in [0.25, 0.3) is 11.2 Å². The molecule has 0 aromatic carbocycles. The van der Waals surface area contributed by atoms with Crippen LogP contribution in [0.2, 0.25) is 0 Å². The third kappa shape index (κ3) is 2.47. The Morgan fingerprint density at radius 1 is 1.41 bits per heavy atom. The first kappa shape index (κ1) is 15.6. The van der Waals surface area contributed by atoms with E-state index in [4.69, 9.17) is 14.7 Å². The van der Waals surface area contributed by atoms with Crippen molar-refractivity contribution in [3.8, 4) is 0 Å². The van der Waals surface area contributed by atoms with E-state index in [9.17, 15) is 10.2 Å². The molecule has 0 bridgehead atoms. The summed E-state index contributed by atoms with van der Waals surface area (Å²) >= 11 is 2.20. The van der Waals surface area contributed by atoms with Gasteiger partial charge in [0.1, 0.15) is 0 Å². The maximum atomic E-state index is 10.1. The van der Waals surface area contributed by atoms with Crippen LogP contribution in [-0.2, 0) is 9.57 Å². The zero-order chi connectivity index (χ0) is 15.9. The first-order chi connectivity index (χ1) is 10.6. The Labute approximate surface area is 133 Å². The van der Waals surface area contributed by atoms with Gasteiger partial charge in [-0.25, -0.2) is 0 Å². The molecule has 0 spiro atoms. The van der Waals surface area contributed by atoms with Gasteiger partial charge in [0.2, 0.25) is 0 Å². The SMILES string of the molecule is CONc1nc([As])nc2c1ncn2[C@@H]1O[C@H](CO)[C@@H](O)[C@H]1O. The number of fused-ring (bicyclic) bond motifs is 1. The zero-order valence-corrected chi connectivity index (χ0v) is 13.4. The summed E-state index contributed by atoms with van der Waals surface area (Å²) in [6, 6.07) is 0. The Hall–Kier alpha value is -1.29. The van der Waals surface area contributed by atoms with Gasteiger partial charge >= 0.3 is 133 Å². The number of nitrogens with zero attached hydrogens (tertiary/aromatic N) is 4. The van der Waals surface area contributed by atoms with Crippen LogP contribution >= 0.6 is 0 Å². The summed E-state index contributed by atoms with van der Waals surface area (Å²) < 4.78 is 7.38. The number of hydrogen-bond donors (Lipinski definition) is 4. The van der Waals surface area contributed by atoms with Crippen LogP contribution in [0.3, 0.4) is 0 Å². The Balaban J connectivity index is 2.05. The second-order valence-corrected chi connectivity index (χ2v) is 5.57. The average molecular weight is 371 g/mol. The number of rotatable bonds is 4. The number of aliphatic hydroxyl groups is 3. The van der Waals surface area contributed by atoms with E-state index in [2.05, 4.69) is 37.3 Å². The molecule has 2 radical (unpaired) electrons. The van der Waals surface area contributed by atoms with Gasteiger partial charge in [-0.15, -0.1) is 0 Å². The van der Waals surface area contributed by atoms with Crippen LogP contribution in [0.1, 0.15) is 6.23 Å². The quantitative estimate of drug-likeness (QED) is 0.332. The normalized spacial score (nSPS) is 28.4. The Morgan fingerprint density at radius 2 is 2.18 bits per heavy atom. The summed E-state index contributed by atoms with van der Waals surface area (Å²) in [5, 5.41) is 29.1. The van der Waals surface area contributed by atoms with Crippen LogP contribution in [0.5, 0.6) is 0 Å². The molecule has 0 aliphatic carbocycles. The van der Waals surface area contributed by atoms with Gasteiger partial charge in [-0.1, -0.05) is 0 Å². The van der Waals surface area contributed by atoms with E-state index >= 15 is 0 Å². The first-order valence-electron chi connectivity index (χ1n) is 6.41. The second-order valence-electron chi connectivity index (χ2n) is 4.73. The van der Waals surface area contributed by atoms with Gasteiger partial charge in [-0.05, 0) is 0 Å². The van der Waals surface area contributed by atoms with Crippen LogP contribution in [0.4, 0.5) is 5.82 Å². The van der Waals surface area contributed by atoms with E-state index in [-0.39, 0.29) is 0 Å². The standard InChI is InChI=1S/C11H14AsN5O5/c1-21-16-8-5-9(15-11(12)14-8)17(3-13-5)10-7(20)6(19)4(2-18)22-10/h3-4,6-7,10,18-20H,2H2,1H3,(H,14,15,16)/t4-,6-,7-,10-/m1/s1. The molecule has 1 aliphatic rings. The number of nitrogens with one attached hydrogen (secondary N) is 1. The molecule has 2 aromatic rings. The summed E-state index contributed by atoms with van der Waals surface area (Å²) in [6.07, 6.45) is -2.75. The van der Waals surface area contributed by atoms with Gasteiger partial charge in [0.25, 0.3) is 0 Å². The summed E-state index contributed by atoms with van der Waals surface area (Å²) in [6.45, 7) is -0.400. The molecule has 1 saturated heterocycles. The van der Waals surface area contributed by atoms with Crippen molar-refractivity contribution in [1.29, 1.82) is 0 Å². The van der Waals surface area contributed by atoms with E-state index in [0.29, 0.717) is 21.6 Å². The molecule has 1 aliphatic heterocycles. The van der Waals surface area contributed by atoms with Crippen molar-refractivity contribution < 1.29 is 24.9 Å². The van der Waals surface area contributed by atoms with Crippen molar-refractivity contribution in [2.75, 3.05) is 19.2 Å². The van der Waals surface area contributed by atoms with Crippen molar-refractivity contribution in [3.05, 3.63) is 6.33 Å². The molecule has 118 valence electrons. The van der Waals surface area contributed by atoms with E-state index in [1.165, 1.54) is 18.0 Å². The molecule has 0 amide bonds. The molecule has 10 nitrogen and oxygen atoms in total. The van der Waals surface area contributed by atoms with E-state index in [1.54, 1.807) is 0 Å². The van der Waals surface area contributed by atoms with Crippen LogP contribution in [0, 0.1) is 0 Å². The second kappa shape index (κ2) is 6.07. The fourth-order valence-corrected chi connectivity index (χ4v) is 2.78. The molecule has 3 heterocycles. The minimum atomic E-state index is -1.21. The van der Waals surface area contributed by atoms with Crippen molar-refractivity contribution in [2.45, 2.75) is 24.5 Å². The Kier molecular flexibility index (Phi) is 4.30. The number of ether oxygens (including phenoxy) is 1. The van der Waals surface area contributed by atoms with Crippen LogP contribution in [-0.4, -0.2) is 83.7 Å². The number of aliphatic hydroxyl groups excluding tert-OH is 3. The monoisotopic (exact) mass is 371 g/mol. The van der Waals surface area contributed by atoms with Crippen molar-refractivity contribution >= 4 is 38.4 Å². The molecule has 11 heteroatoms. The molecular formula is C11H14AsN5O5. The molecule has 1 fully saturated rings. The topological polar surface area (TPSA) is 135 Å². The Bertz CT molecular complexity index is 682. The van der Waals surface area contributed by atoms with E-state index in [1.807, 2.05) is 0 Å². The third-order valence-electron chi connectivity index (χ3n) is 3.40. The predicted octanol–water partition coefficient (Wildman–Crippen LogP) is -2.80. The summed E-state index contributed by atoms with van der Waals surface area (Å²) in [4.78, 5) is 17.5. The summed E-state index contributed by atoms with van der Waals surface area (Å²) in [5.74, 6) is 0.369. The van der Waals surface area contributed by atoms with E-state index < -0.39 is 31.1 Å². The molecule has 4 N–H and O–H groups in total. The maximum absolute atomic E-state index is 10.1. The number of anilines is 1. The van der Waals surface area contributed by atoms with E-state index in [0.717, 1.165) is 0 Å². The van der Waals surface area contributed by atoms with Crippen molar-refractivity contribution in [1.82, 2.24) is 19.5 Å². The molecule has 4 atom stereocenters. The summed E-state index contributed by atoms with van der Waals surface area (Å²) in [7, 11) is 1.45. The number of imidazole rings is 1. The van der Waals surface area contributed by atoms with Gasteiger partial charge in [0, 0.05) is 0 Å². The molecule has 3 rings (SSSR count). The molecule has 0 saturated carbocycles. The molecule has 22 heavy (non-hydrogen) atoms. The molecular weight excluding hydrogens is 357 g/mol. The Morgan fingerprint density at radius 3 is 2.82 bits per heavy atom. The van der Waals surface area contributed by atoms with Gasteiger partial charge in [0.05, 0.1) is 0 Å². The molecule has 2 aromatic heterocycles. The third-order valence-corrected chi connectivity index (χ3v) is 3.82. The number of aromatic nitrogens is 4. The van der Waals surface area contributed by atoms with Crippen molar-refractivity contribution in [3.63, 3.8) is 0 Å². The van der Waals surface area contributed by atoms with Gasteiger partial charge in [0.15, 0.2) is 0 Å². The summed E-state index contributed by atoms with van der Waals surface area (Å²) in [5.41, 5.74) is 3.43. The fourth-order valence-electron chi connectivity index (χ4n) is 2.37. The van der Waals surface area contributed by atoms with Crippen LogP contribution < -0.4 is 10.1 Å². The number of hydrogen-bond acceptors (Lipinski definition) is 9. The first-order valence-corrected chi connectivity index (χ1v) is 7.35. The average Bonchev–Trinajstić information content (AvgIpc) is 3.02. The van der Waals surface area contributed by atoms with Gasteiger partial charge < -0.3 is 0 Å².